The number of nitrogens with zero attached hydrogens (tertiary/aromatic N) is 3. The molecule has 0 amide bonds. The zero-order chi connectivity index (χ0) is 18.8. The van der Waals surface area contributed by atoms with E-state index in [0.29, 0.717) is 12.2 Å². The van der Waals surface area contributed by atoms with Gasteiger partial charge in [-0.15, -0.1) is 0 Å². The predicted octanol–water partition coefficient (Wildman–Crippen LogP) is 3.29. The van der Waals surface area contributed by atoms with E-state index in [-0.39, 0.29) is 12.0 Å². The molecule has 0 aliphatic carbocycles. The van der Waals surface area contributed by atoms with Crippen LogP contribution in [-0.2, 0) is 14.3 Å². The number of benzene rings is 1. The second-order valence-electron chi connectivity index (χ2n) is 6.52. The van der Waals surface area contributed by atoms with E-state index >= 15 is 0 Å². The number of amidine groups is 1. The number of hydrogen-bond donors (Lipinski definition) is 0. The summed E-state index contributed by atoms with van der Waals surface area (Å²) >= 11 is 1.57. The van der Waals surface area contributed by atoms with Crippen LogP contribution in [0.15, 0.2) is 52.1 Å². The lowest BCUT2D eigenvalue weighted by Crippen LogP contribution is -2.36. The van der Waals surface area contributed by atoms with Crippen LogP contribution in [-0.4, -0.2) is 48.9 Å². The highest BCUT2D eigenvalue weighted by Crippen LogP contribution is 2.41. The van der Waals surface area contributed by atoms with Crippen LogP contribution in [0.5, 0.6) is 0 Å². The topological polar surface area (TPSA) is 54.4 Å². The Labute approximate surface area is 163 Å². The quantitative estimate of drug-likeness (QED) is 0.742. The third-order valence-electron chi connectivity index (χ3n) is 4.90. The molecule has 3 heterocycles. The molecule has 0 unspecified atom stereocenters. The molecule has 0 bridgehead atoms. The average molecular weight is 385 g/mol. The molecule has 0 N–H and O–H groups in total. The fourth-order valence-electron chi connectivity index (χ4n) is 3.59. The van der Waals surface area contributed by atoms with Crippen molar-refractivity contribution in [3.63, 3.8) is 0 Å². The average Bonchev–Trinajstić information content (AvgIpc) is 3.16. The Bertz CT molecular complexity index is 810. The zero-order valence-corrected chi connectivity index (χ0v) is 16.4. The number of thioether (sulfide) groups is 1. The SMILES string of the molecule is CCOC(=O)C1=C(C)N=C2SC=CN2[C@@H]1c1ccc(N2CCOCC2)cc1. The van der Waals surface area contributed by atoms with E-state index in [1.807, 2.05) is 30.4 Å². The van der Waals surface area contributed by atoms with Crippen LogP contribution >= 0.6 is 11.8 Å². The molecule has 1 aromatic carbocycles. The van der Waals surface area contributed by atoms with Gasteiger partial charge in [0.15, 0.2) is 5.17 Å². The lowest BCUT2D eigenvalue weighted by atomic mass is 9.94. The fourth-order valence-corrected chi connectivity index (χ4v) is 4.38. The van der Waals surface area contributed by atoms with Crippen LogP contribution < -0.4 is 4.90 Å². The van der Waals surface area contributed by atoms with Crippen molar-refractivity contribution in [1.29, 1.82) is 0 Å². The van der Waals surface area contributed by atoms with Crippen molar-refractivity contribution in [2.45, 2.75) is 19.9 Å². The van der Waals surface area contributed by atoms with Crippen LogP contribution in [0.25, 0.3) is 0 Å². The maximum atomic E-state index is 12.7. The summed E-state index contributed by atoms with van der Waals surface area (Å²) in [4.78, 5) is 21.6. The number of fused-ring (bicyclic) bond motifs is 1. The summed E-state index contributed by atoms with van der Waals surface area (Å²) in [5.41, 5.74) is 3.55. The number of anilines is 1. The van der Waals surface area contributed by atoms with Gasteiger partial charge in [-0.2, -0.15) is 0 Å². The van der Waals surface area contributed by atoms with Crippen LogP contribution in [0.2, 0.25) is 0 Å². The molecule has 27 heavy (non-hydrogen) atoms. The van der Waals surface area contributed by atoms with E-state index < -0.39 is 0 Å². The minimum atomic E-state index is -0.301. The second kappa shape index (κ2) is 7.78. The van der Waals surface area contributed by atoms with Crippen molar-refractivity contribution >= 4 is 28.6 Å². The van der Waals surface area contributed by atoms with Crippen LogP contribution in [0.4, 0.5) is 5.69 Å². The van der Waals surface area contributed by atoms with Crippen molar-refractivity contribution in [3.05, 3.63) is 52.7 Å². The molecular weight excluding hydrogens is 362 g/mol. The monoisotopic (exact) mass is 385 g/mol. The van der Waals surface area contributed by atoms with Crippen LogP contribution in [0, 0.1) is 0 Å². The van der Waals surface area contributed by atoms with Gasteiger partial charge in [0.2, 0.25) is 0 Å². The molecule has 1 fully saturated rings. The van der Waals surface area contributed by atoms with Gasteiger partial charge < -0.3 is 19.3 Å². The molecule has 4 rings (SSSR count). The first-order valence-electron chi connectivity index (χ1n) is 9.20. The molecule has 0 aromatic heterocycles. The third-order valence-corrected chi connectivity index (χ3v) is 5.67. The summed E-state index contributed by atoms with van der Waals surface area (Å²) in [6.45, 7) is 7.37. The Morgan fingerprint density at radius 3 is 2.74 bits per heavy atom. The molecular formula is C20H23N3O3S. The Kier molecular flexibility index (Phi) is 5.22. The number of aliphatic imine (C=N–C) groups is 1. The first-order valence-corrected chi connectivity index (χ1v) is 10.1. The molecule has 1 aromatic rings. The van der Waals surface area contributed by atoms with Crippen molar-refractivity contribution in [2.24, 2.45) is 4.99 Å². The summed E-state index contributed by atoms with van der Waals surface area (Å²) in [5, 5.41) is 2.89. The second-order valence-corrected chi connectivity index (χ2v) is 7.39. The maximum Gasteiger partial charge on any atom is 0.338 e. The molecule has 6 nitrogen and oxygen atoms in total. The largest absolute Gasteiger partial charge is 0.463 e. The highest BCUT2D eigenvalue weighted by molar-refractivity contribution is 8.16. The standard InChI is InChI=1S/C20H23N3O3S/c1-3-26-19(24)17-14(2)21-20-23(10-13-27-20)18(17)15-4-6-16(7-5-15)22-8-11-25-12-9-22/h4-7,10,13,18H,3,8-9,11-12H2,1-2H3/t18-/m1/s1. The van der Waals surface area contributed by atoms with Gasteiger partial charge >= 0.3 is 5.97 Å². The van der Waals surface area contributed by atoms with E-state index in [2.05, 4.69) is 34.2 Å². The molecule has 1 atom stereocenters. The highest BCUT2D eigenvalue weighted by Gasteiger charge is 2.37. The van der Waals surface area contributed by atoms with Crippen molar-refractivity contribution in [2.75, 3.05) is 37.8 Å². The van der Waals surface area contributed by atoms with Crippen molar-refractivity contribution in [3.8, 4) is 0 Å². The lowest BCUT2D eigenvalue weighted by Gasteiger charge is -2.34. The minimum absolute atomic E-state index is 0.221. The van der Waals surface area contributed by atoms with E-state index in [9.17, 15) is 4.79 Å². The van der Waals surface area contributed by atoms with Crippen LogP contribution in [0.3, 0.4) is 0 Å². The minimum Gasteiger partial charge on any atom is -0.463 e. The van der Waals surface area contributed by atoms with E-state index in [4.69, 9.17) is 9.47 Å². The summed E-state index contributed by atoms with van der Waals surface area (Å²) in [6, 6.07) is 8.22. The summed E-state index contributed by atoms with van der Waals surface area (Å²) in [7, 11) is 0. The number of ether oxygens (including phenoxy) is 2. The smallest absolute Gasteiger partial charge is 0.338 e. The number of hydrogen-bond acceptors (Lipinski definition) is 7. The molecule has 3 aliphatic rings. The van der Waals surface area contributed by atoms with Gasteiger partial charge in [0.25, 0.3) is 0 Å². The first-order chi connectivity index (χ1) is 13.2. The van der Waals surface area contributed by atoms with Gasteiger partial charge in [0.1, 0.15) is 0 Å². The first kappa shape index (κ1) is 18.1. The molecule has 0 radical (unpaired) electrons. The predicted molar refractivity (Wildman–Crippen MR) is 108 cm³/mol. The molecule has 3 aliphatic heterocycles. The van der Waals surface area contributed by atoms with Gasteiger partial charge in [-0.05, 0) is 37.0 Å². The van der Waals surface area contributed by atoms with Gasteiger partial charge in [0.05, 0.1) is 37.1 Å². The maximum absolute atomic E-state index is 12.7. The number of carbonyl (C=O) groups is 1. The number of morpholine rings is 1. The summed E-state index contributed by atoms with van der Waals surface area (Å²) in [5.74, 6) is -0.301. The van der Waals surface area contributed by atoms with Crippen LogP contribution in [0.1, 0.15) is 25.5 Å². The fraction of sp³-hybridized carbons (Fsp3) is 0.400. The van der Waals surface area contributed by atoms with Gasteiger partial charge in [-0.1, -0.05) is 23.9 Å². The Morgan fingerprint density at radius 1 is 1.30 bits per heavy atom. The Balaban J connectivity index is 1.67. The van der Waals surface area contributed by atoms with Gasteiger partial charge in [-0.25, -0.2) is 9.79 Å². The Hall–Kier alpha value is -2.25. The molecule has 0 saturated carbocycles. The number of carbonyl (C=O) groups excluding carboxylic acids is 1. The molecule has 1 saturated heterocycles. The third kappa shape index (κ3) is 3.49. The molecule has 7 heteroatoms. The molecule has 0 spiro atoms. The zero-order valence-electron chi connectivity index (χ0n) is 15.6. The Morgan fingerprint density at radius 2 is 2.04 bits per heavy atom. The van der Waals surface area contributed by atoms with Gasteiger partial charge in [-0.3, -0.25) is 0 Å². The number of esters is 1. The van der Waals surface area contributed by atoms with Gasteiger partial charge in [0, 0.05) is 25.0 Å². The highest BCUT2D eigenvalue weighted by atomic mass is 32.2. The van der Waals surface area contributed by atoms with Crippen molar-refractivity contribution in [1.82, 2.24) is 4.90 Å². The molecule has 142 valence electrons. The van der Waals surface area contributed by atoms with E-state index in [1.54, 1.807) is 11.8 Å². The summed E-state index contributed by atoms with van der Waals surface area (Å²) in [6.07, 6.45) is 1.98. The lowest BCUT2D eigenvalue weighted by molar-refractivity contribution is -0.139. The van der Waals surface area contributed by atoms with E-state index in [0.717, 1.165) is 42.7 Å². The normalized spacial score (nSPS) is 22.0. The van der Waals surface area contributed by atoms with Crippen molar-refractivity contribution < 1.29 is 14.3 Å². The number of rotatable bonds is 4. The van der Waals surface area contributed by atoms with E-state index in [1.165, 1.54) is 5.69 Å². The number of allylic oxidation sites excluding steroid dienone is 1. The summed E-state index contributed by atoms with van der Waals surface area (Å²) < 4.78 is 10.8.